The molecule has 9 aromatic rings. The third-order valence-corrected chi connectivity index (χ3v) is 8.60. The molecule has 0 bridgehead atoms. The number of para-hydroxylation sites is 3. The second-order valence-electron chi connectivity index (χ2n) is 11.3. The lowest BCUT2D eigenvalue weighted by molar-refractivity contribution is 1.10. The van der Waals surface area contributed by atoms with Crippen molar-refractivity contribution in [2.75, 3.05) is 0 Å². The number of fused-ring (bicyclic) bond motifs is 5. The minimum Gasteiger partial charge on any atom is -0.292 e. The molecule has 45 heavy (non-hydrogen) atoms. The van der Waals surface area contributed by atoms with Crippen molar-refractivity contribution >= 4 is 43.6 Å². The quantitative estimate of drug-likeness (QED) is 0.196. The van der Waals surface area contributed by atoms with E-state index in [1.165, 1.54) is 10.8 Å². The van der Waals surface area contributed by atoms with Crippen LogP contribution in [0.3, 0.4) is 0 Å². The number of nitrogens with zero attached hydrogens (tertiary/aromatic N) is 4. The fraction of sp³-hybridized carbons (Fsp3) is 0. The van der Waals surface area contributed by atoms with E-state index >= 15 is 0 Å². The van der Waals surface area contributed by atoms with E-state index in [4.69, 9.17) is 15.0 Å². The third-order valence-electron chi connectivity index (χ3n) is 8.60. The molecule has 0 spiro atoms. The summed E-state index contributed by atoms with van der Waals surface area (Å²) in [6, 6.07) is 54.9. The molecule has 0 N–H and O–H groups in total. The number of imidazole rings is 1. The second kappa shape index (κ2) is 10.2. The first kappa shape index (κ1) is 25.4. The molecular formula is C41H26N4. The summed E-state index contributed by atoms with van der Waals surface area (Å²) >= 11 is 0. The van der Waals surface area contributed by atoms with Crippen LogP contribution in [0.5, 0.6) is 0 Å². The lowest BCUT2D eigenvalue weighted by Crippen LogP contribution is -1.97. The van der Waals surface area contributed by atoms with Crippen molar-refractivity contribution in [2.24, 2.45) is 0 Å². The van der Waals surface area contributed by atoms with Crippen molar-refractivity contribution in [3.05, 3.63) is 158 Å². The summed E-state index contributed by atoms with van der Waals surface area (Å²) in [4.78, 5) is 15.4. The van der Waals surface area contributed by atoms with Gasteiger partial charge in [0, 0.05) is 33.2 Å². The molecule has 0 unspecified atom stereocenters. The van der Waals surface area contributed by atoms with Crippen LogP contribution in [-0.2, 0) is 0 Å². The minimum atomic E-state index is 0.905. The van der Waals surface area contributed by atoms with Crippen molar-refractivity contribution in [3.8, 4) is 39.6 Å². The van der Waals surface area contributed by atoms with Gasteiger partial charge in [-0.1, -0.05) is 121 Å². The summed E-state index contributed by atoms with van der Waals surface area (Å²) in [7, 11) is 0. The van der Waals surface area contributed by atoms with Gasteiger partial charge in [0.25, 0.3) is 0 Å². The Hall–Kier alpha value is -6.13. The Bertz CT molecular complexity index is 2520. The van der Waals surface area contributed by atoms with E-state index in [2.05, 4.69) is 150 Å². The van der Waals surface area contributed by atoms with Gasteiger partial charge in [-0.25, -0.2) is 15.0 Å². The topological polar surface area (TPSA) is 43.6 Å². The zero-order valence-corrected chi connectivity index (χ0v) is 24.3. The molecule has 3 heterocycles. The van der Waals surface area contributed by atoms with Crippen LogP contribution in [0.2, 0.25) is 0 Å². The highest BCUT2D eigenvalue weighted by Gasteiger charge is 2.15. The first-order valence-corrected chi connectivity index (χ1v) is 15.1. The van der Waals surface area contributed by atoms with E-state index in [0.717, 1.165) is 72.4 Å². The molecular weight excluding hydrogens is 548 g/mol. The summed E-state index contributed by atoms with van der Waals surface area (Å²) in [5, 5.41) is 4.55. The van der Waals surface area contributed by atoms with Crippen molar-refractivity contribution in [1.29, 1.82) is 0 Å². The van der Waals surface area contributed by atoms with Crippen LogP contribution < -0.4 is 0 Å². The Morgan fingerprint density at radius 2 is 1.02 bits per heavy atom. The van der Waals surface area contributed by atoms with E-state index < -0.39 is 0 Å². The van der Waals surface area contributed by atoms with E-state index in [1.807, 2.05) is 12.1 Å². The maximum absolute atomic E-state index is 5.20. The molecule has 210 valence electrons. The Morgan fingerprint density at radius 3 is 1.84 bits per heavy atom. The summed E-state index contributed by atoms with van der Waals surface area (Å²) in [5.74, 6) is 0.913. The molecule has 0 radical (unpaired) electrons. The fourth-order valence-corrected chi connectivity index (χ4v) is 6.38. The van der Waals surface area contributed by atoms with Gasteiger partial charge in [0.1, 0.15) is 5.82 Å². The van der Waals surface area contributed by atoms with Crippen LogP contribution >= 0.6 is 0 Å². The largest absolute Gasteiger partial charge is 0.292 e. The molecule has 4 heteroatoms. The molecule has 0 fully saturated rings. The normalized spacial score (nSPS) is 11.6. The molecule has 0 aliphatic rings. The highest BCUT2D eigenvalue weighted by Crippen LogP contribution is 2.33. The average Bonchev–Trinajstić information content (AvgIpc) is 3.51. The molecule has 4 nitrogen and oxygen atoms in total. The number of rotatable bonds is 4. The number of pyridine rings is 2. The van der Waals surface area contributed by atoms with Gasteiger partial charge >= 0.3 is 0 Å². The lowest BCUT2D eigenvalue weighted by atomic mass is 10.0. The Balaban J connectivity index is 1.15. The fourth-order valence-electron chi connectivity index (χ4n) is 6.38. The van der Waals surface area contributed by atoms with Crippen LogP contribution in [-0.4, -0.2) is 19.5 Å². The monoisotopic (exact) mass is 574 g/mol. The Kier molecular flexibility index (Phi) is 5.78. The number of hydrogen-bond donors (Lipinski definition) is 0. The van der Waals surface area contributed by atoms with E-state index in [-0.39, 0.29) is 0 Å². The Labute approximate surface area is 259 Å². The number of aromatic nitrogens is 4. The molecule has 0 saturated heterocycles. The van der Waals surface area contributed by atoms with Crippen LogP contribution in [0, 0.1) is 0 Å². The van der Waals surface area contributed by atoms with Gasteiger partial charge in [-0.2, -0.15) is 0 Å². The van der Waals surface area contributed by atoms with Gasteiger partial charge < -0.3 is 0 Å². The first-order chi connectivity index (χ1) is 22.3. The van der Waals surface area contributed by atoms with E-state index in [0.29, 0.717) is 0 Å². The first-order valence-electron chi connectivity index (χ1n) is 15.1. The maximum Gasteiger partial charge on any atom is 0.145 e. The predicted octanol–water partition coefficient (Wildman–Crippen LogP) is 10.3. The van der Waals surface area contributed by atoms with E-state index in [9.17, 15) is 0 Å². The Morgan fingerprint density at radius 1 is 0.400 bits per heavy atom. The zero-order valence-electron chi connectivity index (χ0n) is 24.3. The summed E-state index contributed by atoms with van der Waals surface area (Å²) in [6.45, 7) is 0. The zero-order chi connectivity index (χ0) is 29.7. The van der Waals surface area contributed by atoms with Gasteiger partial charge in [0.15, 0.2) is 0 Å². The summed E-state index contributed by atoms with van der Waals surface area (Å²) in [6.07, 6.45) is 0. The van der Waals surface area contributed by atoms with Crippen molar-refractivity contribution in [1.82, 2.24) is 19.5 Å². The van der Waals surface area contributed by atoms with Crippen LogP contribution in [0.25, 0.3) is 83.2 Å². The highest BCUT2D eigenvalue weighted by molar-refractivity contribution is 6.05. The molecule has 3 aromatic heterocycles. The van der Waals surface area contributed by atoms with E-state index in [1.54, 1.807) is 0 Å². The van der Waals surface area contributed by atoms with Gasteiger partial charge in [-0.15, -0.1) is 0 Å². The van der Waals surface area contributed by atoms with Crippen molar-refractivity contribution < 1.29 is 0 Å². The van der Waals surface area contributed by atoms with Crippen LogP contribution in [0.1, 0.15) is 0 Å². The molecule has 0 saturated carbocycles. The molecule has 0 aliphatic heterocycles. The van der Waals surface area contributed by atoms with Crippen LogP contribution in [0.4, 0.5) is 0 Å². The van der Waals surface area contributed by atoms with Crippen LogP contribution in [0.15, 0.2) is 158 Å². The molecule has 9 rings (SSSR count). The predicted molar refractivity (Wildman–Crippen MR) is 185 cm³/mol. The SMILES string of the molecule is c1ccc(-n2c(-c3ccc(-c4ccc5ccc6ccc(-c7cccc8ccccc78)nc6c5n4)cc3)nc3ccccc32)cc1. The molecule has 0 atom stereocenters. The van der Waals surface area contributed by atoms with Gasteiger partial charge in [0.05, 0.1) is 33.5 Å². The van der Waals surface area contributed by atoms with Crippen molar-refractivity contribution in [2.45, 2.75) is 0 Å². The molecule has 0 aliphatic carbocycles. The maximum atomic E-state index is 5.20. The lowest BCUT2D eigenvalue weighted by Gasteiger charge is -2.11. The van der Waals surface area contributed by atoms with Gasteiger partial charge in [0.2, 0.25) is 0 Å². The number of hydrogen-bond acceptors (Lipinski definition) is 3. The smallest absolute Gasteiger partial charge is 0.145 e. The van der Waals surface area contributed by atoms with Crippen molar-refractivity contribution in [3.63, 3.8) is 0 Å². The molecule has 6 aromatic carbocycles. The van der Waals surface area contributed by atoms with Gasteiger partial charge in [-0.3, -0.25) is 4.57 Å². The standard InChI is InChI=1S/C41H26N4/c1-2-11-32(12-3-1)45-38-16-7-6-15-37(38)44-41(45)31-21-17-28(18-22-31)35-25-23-29-19-20-30-24-26-36(43-40(30)39(29)42-35)34-14-8-10-27-9-4-5-13-33(27)34/h1-26H. The average molecular weight is 575 g/mol. The third kappa shape index (κ3) is 4.27. The number of benzene rings is 6. The summed E-state index contributed by atoms with van der Waals surface area (Å²) < 4.78 is 2.23. The molecule has 0 amide bonds. The highest BCUT2D eigenvalue weighted by atomic mass is 15.1. The second-order valence-corrected chi connectivity index (χ2v) is 11.3. The van der Waals surface area contributed by atoms with Gasteiger partial charge in [-0.05, 0) is 47.2 Å². The minimum absolute atomic E-state index is 0.905. The summed E-state index contributed by atoms with van der Waals surface area (Å²) in [5.41, 5.74) is 10.0.